The van der Waals surface area contributed by atoms with Gasteiger partial charge in [0.15, 0.2) is 6.61 Å². The number of carbonyl (C=O) groups is 2. The molecule has 1 heterocycles. The molecule has 0 spiro atoms. The zero-order chi connectivity index (χ0) is 19.2. The van der Waals surface area contributed by atoms with Gasteiger partial charge in [-0.2, -0.15) is 0 Å². The highest BCUT2D eigenvalue weighted by molar-refractivity contribution is 8.00. The van der Waals surface area contributed by atoms with E-state index in [1.165, 1.54) is 11.8 Å². The number of hydrogen-bond acceptors (Lipinski definition) is 5. The molecule has 0 radical (unpaired) electrons. The Bertz CT molecular complexity index is 889. The molecule has 0 aliphatic heterocycles. The Labute approximate surface area is 162 Å². The molecular weight excluding hydrogens is 362 g/mol. The van der Waals surface area contributed by atoms with Crippen LogP contribution >= 0.6 is 11.8 Å². The second kappa shape index (κ2) is 8.77. The van der Waals surface area contributed by atoms with Gasteiger partial charge in [0.1, 0.15) is 16.6 Å². The van der Waals surface area contributed by atoms with Gasteiger partial charge in [0, 0.05) is 10.3 Å². The fourth-order valence-corrected chi connectivity index (χ4v) is 3.46. The van der Waals surface area contributed by atoms with E-state index in [9.17, 15) is 9.59 Å². The number of para-hydroxylation sites is 1. The average molecular weight is 383 g/mol. The number of furan rings is 1. The molecule has 27 heavy (non-hydrogen) atoms. The molecule has 0 aliphatic carbocycles. The van der Waals surface area contributed by atoms with Crippen molar-refractivity contribution in [2.75, 3.05) is 6.61 Å². The Balaban J connectivity index is 1.47. The molecule has 1 aromatic heterocycles. The smallest absolute Gasteiger partial charge is 0.319 e. The third kappa shape index (κ3) is 5.14. The molecule has 2 aromatic carbocycles. The van der Waals surface area contributed by atoms with Crippen molar-refractivity contribution in [2.24, 2.45) is 0 Å². The Morgan fingerprint density at radius 3 is 2.52 bits per heavy atom. The standard InChI is InChI=1S/C21H21NO4S/c1-14(19-12-16-8-6-7-11-18(16)26-19)22-20(23)13-25-21(24)15(2)27-17-9-4-3-5-10-17/h3-12,14-15H,13H2,1-2H3,(H,22,23)/t14-,15-/m1/s1. The molecule has 3 aromatic rings. The van der Waals surface area contributed by atoms with E-state index in [0.717, 1.165) is 15.9 Å². The summed E-state index contributed by atoms with van der Waals surface area (Å²) >= 11 is 1.40. The van der Waals surface area contributed by atoms with Crippen molar-refractivity contribution in [1.29, 1.82) is 0 Å². The highest BCUT2D eigenvalue weighted by Gasteiger charge is 2.19. The van der Waals surface area contributed by atoms with Gasteiger partial charge in [0.05, 0.1) is 6.04 Å². The monoisotopic (exact) mass is 383 g/mol. The maximum Gasteiger partial charge on any atom is 0.319 e. The summed E-state index contributed by atoms with van der Waals surface area (Å²) in [6.07, 6.45) is 0. The average Bonchev–Trinajstić information content (AvgIpc) is 3.11. The van der Waals surface area contributed by atoms with Crippen molar-refractivity contribution in [3.63, 3.8) is 0 Å². The summed E-state index contributed by atoms with van der Waals surface area (Å²) in [5.74, 6) is -0.132. The summed E-state index contributed by atoms with van der Waals surface area (Å²) < 4.78 is 10.9. The summed E-state index contributed by atoms with van der Waals surface area (Å²) in [7, 11) is 0. The van der Waals surface area contributed by atoms with Crippen LogP contribution in [0, 0.1) is 0 Å². The number of hydrogen-bond donors (Lipinski definition) is 1. The van der Waals surface area contributed by atoms with Gasteiger partial charge in [-0.3, -0.25) is 9.59 Å². The van der Waals surface area contributed by atoms with Gasteiger partial charge in [0.25, 0.3) is 5.91 Å². The Hall–Kier alpha value is -2.73. The number of carbonyl (C=O) groups excluding carboxylic acids is 2. The van der Waals surface area contributed by atoms with E-state index in [-0.39, 0.29) is 18.6 Å². The van der Waals surface area contributed by atoms with E-state index < -0.39 is 11.2 Å². The number of benzene rings is 2. The van der Waals surface area contributed by atoms with Crippen molar-refractivity contribution < 1.29 is 18.7 Å². The molecule has 2 atom stereocenters. The van der Waals surface area contributed by atoms with Crippen molar-refractivity contribution in [3.8, 4) is 0 Å². The first-order valence-corrected chi connectivity index (χ1v) is 9.57. The first-order chi connectivity index (χ1) is 13.0. The maximum atomic E-state index is 12.1. The summed E-state index contributed by atoms with van der Waals surface area (Å²) in [5.41, 5.74) is 0.770. The van der Waals surface area contributed by atoms with Crippen LogP contribution in [-0.4, -0.2) is 23.7 Å². The predicted molar refractivity (Wildman–Crippen MR) is 105 cm³/mol. The van der Waals surface area contributed by atoms with E-state index in [1.54, 1.807) is 6.92 Å². The lowest BCUT2D eigenvalue weighted by Gasteiger charge is -2.13. The van der Waals surface area contributed by atoms with E-state index in [4.69, 9.17) is 9.15 Å². The number of ether oxygens (including phenoxy) is 1. The summed E-state index contributed by atoms with van der Waals surface area (Å²) in [6, 6.07) is 18.8. The molecule has 0 unspecified atom stereocenters. The number of nitrogens with one attached hydrogen (secondary N) is 1. The van der Waals surface area contributed by atoms with Gasteiger partial charge in [0.2, 0.25) is 0 Å². The zero-order valence-corrected chi connectivity index (χ0v) is 16.0. The van der Waals surface area contributed by atoms with Gasteiger partial charge in [-0.1, -0.05) is 36.4 Å². The minimum absolute atomic E-state index is 0.316. The Morgan fingerprint density at radius 2 is 1.78 bits per heavy atom. The lowest BCUT2D eigenvalue weighted by Crippen LogP contribution is -2.32. The number of fused-ring (bicyclic) bond motifs is 1. The lowest BCUT2D eigenvalue weighted by atomic mass is 10.2. The number of amides is 1. The van der Waals surface area contributed by atoms with Crippen LogP contribution in [0.4, 0.5) is 0 Å². The fraction of sp³-hybridized carbons (Fsp3) is 0.238. The molecule has 1 amide bonds. The van der Waals surface area contributed by atoms with Crippen molar-refractivity contribution in [2.45, 2.75) is 30.0 Å². The molecule has 0 bridgehead atoms. The summed E-state index contributed by atoms with van der Waals surface area (Å²) in [5, 5.41) is 3.37. The zero-order valence-electron chi connectivity index (χ0n) is 15.2. The maximum absolute atomic E-state index is 12.1. The minimum atomic E-state index is -0.421. The number of esters is 1. The summed E-state index contributed by atoms with van der Waals surface area (Å²) in [4.78, 5) is 25.2. The fourth-order valence-electron chi connectivity index (χ4n) is 2.58. The van der Waals surface area contributed by atoms with Gasteiger partial charge in [-0.15, -0.1) is 11.8 Å². The van der Waals surface area contributed by atoms with Gasteiger partial charge in [-0.25, -0.2) is 0 Å². The third-order valence-corrected chi connectivity index (χ3v) is 5.07. The molecule has 0 fully saturated rings. The van der Waals surface area contributed by atoms with Crippen LogP contribution in [0.3, 0.4) is 0 Å². The van der Waals surface area contributed by atoms with E-state index >= 15 is 0 Å². The molecule has 140 valence electrons. The normalized spacial score (nSPS) is 13.1. The molecule has 3 rings (SSSR count). The van der Waals surface area contributed by atoms with E-state index in [0.29, 0.717) is 5.76 Å². The second-order valence-electron chi connectivity index (χ2n) is 6.16. The van der Waals surface area contributed by atoms with Crippen molar-refractivity contribution in [1.82, 2.24) is 5.32 Å². The highest BCUT2D eigenvalue weighted by atomic mass is 32.2. The van der Waals surface area contributed by atoms with Crippen molar-refractivity contribution in [3.05, 3.63) is 66.4 Å². The van der Waals surface area contributed by atoms with E-state index in [1.807, 2.05) is 67.6 Å². The largest absolute Gasteiger partial charge is 0.459 e. The molecule has 6 heteroatoms. The van der Waals surface area contributed by atoms with E-state index in [2.05, 4.69) is 5.32 Å². The first kappa shape index (κ1) is 19.0. The third-order valence-electron chi connectivity index (χ3n) is 3.98. The van der Waals surface area contributed by atoms with Crippen LogP contribution in [0.15, 0.2) is 70.0 Å². The number of rotatable bonds is 7. The van der Waals surface area contributed by atoms with Gasteiger partial charge in [-0.05, 0) is 38.1 Å². The van der Waals surface area contributed by atoms with Crippen LogP contribution in [0.5, 0.6) is 0 Å². The van der Waals surface area contributed by atoms with Gasteiger partial charge < -0.3 is 14.5 Å². The molecule has 0 saturated heterocycles. The van der Waals surface area contributed by atoms with Crippen LogP contribution in [0.2, 0.25) is 0 Å². The second-order valence-corrected chi connectivity index (χ2v) is 7.57. The van der Waals surface area contributed by atoms with Gasteiger partial charge >= 0.3 is 5.97 Å². The Kier molecular flexibility index (Phi) is 6.19. The minimum Gasteiger partial charge on any atom is -0.459 e. The predicted octanol–water partition coefficient (Wildman–Crippen LogP) is 4.33. The molecule has 5 nitrogen and oxygen atoms in total. The first-order valence-electron chi connectivity index (χ1n) is 8.69. The summed E-state index contributed by atoms with van der Waals surface area (Å²) in [6.45, 7) is 3.27. The highest BCUT2D eigenvalue weighted by Crippen LogP contribution is 2.24. The SMILES string of the molecule is C[C@@H](Sc1ccccc1)C(=O)OCC(=O)N[C@H](C)c1cc2ccccc2o1. The molecule has 0 aliphatic rings. The molecule has 1 N–H and O–H groups in total. The van der Waals surface area contributed by atoms with Crippen LogP contribution < -0.4 is 5.32 Å². The Morgan fingerprint density at radius 1 is 1.07 bits per heavy atom. The van der Waals surface area contributed by atoms with Crippen LogP contribution in [-0.2, 0) is 14.3 Å². The molecular formula is C21H21NO4S. The van der Waals surface area contributed by atoms with Crippen LogP contribution in [0.1, 0.15) is 25.6 Å². The molecule has 0 saturated carbocycles. The van der Waals surface area contributed by atoms with Crippen LogP contribution in [0.25, 0.3) is 11.0 Å². The number of thioether (sulfide) groups is 1. The van der Waals surface area contributed by atoms with Crippen molar-refractivity contribution >= 4 is 34.6 Å². The topological polar surface area (TPSA) is 68.5 Å². The quantitative estimate of drug-likeness (QED) is 0.486. The lowest BCUT2D eigenvalue weighted by molar-refractivity contribution is -0.147.